The standard InChI is InChI=1S/C12H17N3O3.C9H12.CH3Cl/c1-9(2)6-14-11(16)10-4-3-5-15(7-10)8-18-12(13)17;1-2-6-9-7-4-3-5-8-9;1-2/h3-5,7,9H,6,8H2,1-2H3,(H2-,13,14,16,17);3-5,7-8H,2,6H2,1H3;1H3/p+1. The maximum atomic E-state index is 11.8. The van der Waals surface area contributed by atoms with Crippen molar-refractivity contribution in [3.63, 3.8) is 0 Å². The molecule has 7 heteroatoms. The number of aryl methyl sites for hydroxylation is 1. The van der Waals surface area contributed by atoms with Crippen molar-refractivity contribution >= 4 is 23.6 Å². The van der Waals surface area contributed by atoms with E-state index in [1.165, 1.54) is 24.8 Å². The number of nitrogens with zero attached hydrogens (tertiary/aromatic N) is 1. The van der Waals surface area contributed by atoms with Gasteiger partial charge in [-0.1, -0.05) is 57.5 Å². The number of nitrogens with one attached hydrogen (secondary N) is 1. The van der Waals surface area contributed by atoms with Crippen molar-refractivity contribution in [3.05, 3.63) is 66.0 Å². The van der Waals surface area contributed by atoms with Gasteiger partial charge in [0.2, 0.25) is 0 Å². The molecule has 1 heterocycles. The van der Waals surface area contributed by atoms with E-state index in [1.54, 1.807) is 29.1 Å². The molecular weight excluding hydrogens is 390 g/mol. The van der Waals surface area contributed by atoms with Gasteiger partial charge >= 0.3 is 6.09 Å². The van der Waals surface area contributed by atoms with Crippen LogP contribution in [0.3, 0.4) is 0 Å². The van der Waals surface area contributed by atoms with Gasteiger partial charge in [0.05, 0.1) is 0 Å². The molecule has 2 aromatic rings. The van der Waals surface area contributed by atoms with Gasteiger partial charge in [-0.15, -0.1) is 11.6 Å². The number of primary amides is 1. The summed E-state index contributed by atoms with van der Waals surface area (Å²) in [5, 5.41) is 2.81. The molecule has 0 aliphatic carbocycles. The van der Waals surface area contributed by atoms with E-state index >= 15 is 0 Å². The molecule has 2 rings (SSSR count). The van der Waals surface area contributed by atoms with E-state index in [2.05, 4.69) is 58.9 Å². The molecule has 1 aromatic carbocycles. The fourth-order valence-electron chi connectivity index (χ4n) is 2.21. The zero-order valence-electron chi connectivity index (χ0n) is 17.7. The van der Waals surface area contributed by atoms with Gasteiger partial charge in [-0.05, 0) is 24.0 Å². The average Bonchev–Trinajstić information content (AvgIpc) is 2.73. The number of alkyl halides is 1. The lowest BCUT2D eigenvalue weighted by molar-refractivity contribution is -0.727. The van der Waals surface area contributed by atoms with Crippen LogP contribution in [-0.4, -0.2) is 24.9 Å². The number of carbonyl (C=O) groups excluding carboxylic acids is 2. The summed E-state index contributed by atoms with van der Waals surface area (Å²) in [6.07, 6.45) is 6.35. The van der Waals surface area contributed by atoms with Gasteiger partial charge < -0.3 is 15.8 Å². The van der Waals surface area contributed by atoms with Gasteiger partial charge in [-0.3, -0.25) is 4.79 Å². The summed E-state index contributed by atoms with van der Waals surface area (Å²) in [5.41, 5.74) is 6.82. The number of halogens is 1. The number of carbonyl (C=O) groups is 2. The van der Waals surface area contributed by atoms with Crippen LogP contribution >= 0.6 is 11.6 Å². The third-order valence-electron chi connectivity index (χ3n) is 3.53. The fraction of sp³-hybridized carbons (Fsp3) is 0.409. The minimum Gasteiger partial charge on any atom is -0.389 e. The Labute approximate surface area is 179 Å². The highest BCUT2D eigenvalue weighted by Crippen LogP contribution is 2.00. The number of amides is 2. The molecule has 6 nitrogen and oxygen atoms in total. The highest BCUT2D eigenvalue weighted by Gasteiger charge is 2.11. The van der Waals surface area contributed by atoms with Crippen LogP contribution in [0.25, 0.3) is 0 Å². The summed E-state index contributed by atoms with van der Waals surface area (Å²) in [6.45, 7) is 6.84. The van der Waals surface area contributed by atoms with Crippen LogP contribution in [0.5, 0.6) is 0 Å². The minimum absolute atomic E-state index is 0.0133. The Kier molecular flexibility index (Phi) is 14.9. The Hall–Kier alpha value is -2.60. The van der Waals surface area contributed by atoms with E-state index in [0.717, 1.165) is 0 Å². The number of rotatable bonds is 7. The molecule has 0 aliphatic rings. The Bertz CT molecular complexity index is 709. The monoisotopic (exact) mass is 422 g/mol. The summed E-state index contributed by atoms with van der Waals surface area (Å²) in [4.78, 5) is 22.3. The van der Waals surface area contributed by atoms with E-state index in [-0.39, 0.29) is 12.6 Å². The lowest BCUT2D eigenvalue weighted by atomic mass is 10.1. The first-order valence-corrected chi connectivity index (χ1v) is 10.3. The van der Waals surface area contributed by atoms with E-state index in [9.17, 15) is 9.59 Å². The molecule has 160 valence electrons. The van der Waals surface area contributed by atoms with E-state index in [4.69, 9.17) is 5.73 Å². The van der Waals surface area contributed by atoms with Crippen LogP contribution in [-0.2, 0) is 17.9 Å². The van der Waals surface area contributed by atoms with Crippen LogP contribution < -0.4 is 15.6 Å². The molecule has 0 fully saturated rings. The topological polar surface area (TPSA) is 85.3 Å². The predicted octanol–water partition coefficient (Wildman–Crippen LogP) is 3.91. The number of benzene rings is 1. The quantitative estimate of drug-likeness (QED) is 0.524. The summed E-state index contributed by atoms with van der Waals surface area (Å²) < 4.78 is 6.20. The van der Waals surface area contributed by atoms with Gasteiger partial charge in [-0.25, -0.2) is 4.79 Å². The molecule has 0 unspecified atom stereocenters. The third-order valence-corrected chi connectivity index (χ3v) is 3.53. The maximum absolute atomic E-state index is 11.8. The molecule has 0 spiro atoms. The summed E-state index contributed by atoms with van der Waals surface area (Å²) in [7, 11) is 0. The van der Waals surface area contributed by atoms with Gasteiger partial charge in [-0.2, -0.15) is 4.57 Å². The Morgan fingerprint density at radius 1 is 1.14 bits per heavy atom. The highest BCUT2D eigenvalue weighted by molar-refractivity contribution is 6.15. The first kappa shape index (κ1) is 26.4. The van der Waals surface area contributed by atoms with Crippen molar-refractivity contribution in [2.45, 2.75) is 40.3 Å². The maximum Gasteiger partial charge on any atom is 0.409 e. The first-order chi connectivity index (χ1) is 13.9. The molecule has 1 aromatic heterocycles. The summed E-state index contributed by atoms with van der Waals surface area (Å²) >= 11 is 4.64. The number of hydrogen-bond donors (Lipinski definition) is 2. The number of aromatic nitrogens is 1. The molecule has 0 bridgehead atoms. The smallest absolute Gasteiger partial charge is 0.389 e. The predicted molar refractivity (Wildman–Crippen MR) is 117 cm³/mol. The Morgan fingerprint density at radius 2 is 1.79 bits per heavy atom. The molecule has 0 saturated heterocycles. The second-order valence-electron chi connectivity index (χ2n) is 6.54. The van der Waals surface area contributed by atoms with Crippen molar-refractivity contribution in [1.29, 1.82) is 0 Å². The number of nitrogens with two attached hydrogens (primary N) is 1. The molecular formula is C22H33ClN3O3+. The van der Waals surface area contributed by atoms with Crippen LogP contribution in [0.1, 0.15) is 43.1 Å². The van der Waals surface area contributed by atoms with Crippen molar-refractivity contribution in [2.75, 3.05) is 12.9 Å². The third kappa shape index (κ3) is 13.2. The zero-order chi connectivity index (χ0) is 22.1. The SMILES string of the molecule is CC(C)CNC(=O)c1ccc[n+](COC(N)=O)c1.CCCc1ccccc1.CCl. The normalized spacial score (nSPS) is 9.45. The first-order valence-electron chi connectivity index (χ1n) is 9.53. The molecule has 3 N–H and O–H groups in total. The van der Waals surface area contributed by atoms with E-state index in [0.29, 0.717) is 18.0 Å². The minimum atomic E-state index is -0.850. The molecule has 2 amide bonds. The van der Waals surface area contributed by atoms with Crippen LogP contribution in [0, 0.1) is 5.92 Å². The van der Waals surface area contributed by atoms with E-state index < -0.39 is 6.09 Å². The molecule has 0 radical (unpaired) electrons. The zero-order valence-corrected chi connectivity index (χ0v) is 18.5. The van der Waals surface area contributed by atoms with Crippen LogP contribution in [0.4, 0.5) is 4.79 Å². The number of ether oxygens (including phenoxy) is 1. The van der Waals surface area contributed by atoms with Crippen molar-refractivity contribution in [2.24, 2.45) is 11.7 Å². The van der Waals surface area contributed by atoms with Gasteiger partial charge in [0.25, 0.3) is 12.6 Å². The average molecular weight is 423 g/mol. The van der Waals surface area contributed by atoms with Gasteiger partial charge in [0.15, 0.2) is 12.4 Å². The molecule has 0 aliphatic heterocycles. The fourth-order valence-corrected chi connectivity index (χ4v) is 2.21. The second kappa shape index (κ2) is 16.4. The van der Waals surface area contributed by atoms with Gasteiger partial charge in [0, 0.05) is 19.0 Å². The van der Waals surface area contributed by atoms with Crippen LogP contribution in [0.2, 0.25) is 0 Å². The Balaban J connectivity index is 0.000000595. The largest absolute Gasteiger partial charge is 0.409 e. The number of hydrogen-bond acceptors (Lipinski definition) is 3. The molecule has 0 atom stereocenters. The van der Waals surface area contributed by atoms with Crippen molar-refractivity contribution < 1.29 is 18.9 Å². The molecule has 0 saturated carbocycles. The lowest BCUT2D eigenvalue weighted by Crippen LogP contribution is -2.38. The summed E-state index contributed by atoms with van der Waals surface area (Å²) in [5.74, 6) is 0.236. The molecule has 29 heavy (non-hydrogen) atoms. The van der Waals surface area contributed by atoms with Crippen LogP contribution in [0.15, 0.2) is 54.9 Å². The lowest BCUT2D eigenvalue weighted by Gasteiger charge is -2.06. The van der Waals surface area contributed by atoms with Gasteiger partial charge in [0.1, 0.15) is 5.56 Å². The van der Waals surface area contributed by atoms with Crippen molar-refractivity contribution in [1.82, 2.24) is 5.32 Å². The number of pyridine rings is 1. The summed E-state index contributed by atoms with van der Waals surface area (Å²) in [6, 6.07) is 14.0. The highest BCUT2D eigenvalue weighted by atomic mass is 35.5. The van der Waals surface area contributed by atoms with Crippen molar-refractivity contribution in [3.8, 4) is 0 Å². The second-order valence-corrected chi connectivity index (χ2v) is 6.54. The van der Waals surface area contributed by atoms with E-state index in [1.807, 2.05) is 13.8 Å². The Morgan fingerprint density at radius 3 is 2.34 bits per heavy atom.